The lowest BCUT2D eigenvalue weighted by atomic mass is 10.1. The van der Waals surface area contributed by atoms with Crippen molar-refractivity contribution in [3.05, 3.63) is 53.1 Å². The predicted octanol–water partition coefficient (Wildman–Crippen LogP) is 2.07. The Kier molecular flexibility index (Phi) is 5.89. The number of anilines is 1. The van der Waals surface area contributed by atoms with Crippen LogP contribution in [0.15, 0.2) is 41.3 Å². The molecule has 2 rings (SSSR count). The molecule has 0 heterocycles. The van der Waals surface area contributed by atoms with Crippen molar-refractivity contribution >= 4 is 21.7 Å². The quantitative estimate of drug-likeness (QED) is 0.773. The van der Waals surface area contributed by atoms with Gasteiger partial charge in [-0.25, -0.2) is 18.4 Å². The van der Waals surface area contributed by atoms with Gasteiger partial charge in [0.05, 0.1) is 30.4 Å². The highest BCUT2D eigenvalue weighted by Gasteiger charge is 2.19. The Hall–Kier alpha value is -2.58. The number of carbonyl (C=O) groups excluding carboxylic acids is 1. The lowest BCUT2D eigenvalue weighted by Gasteiger charge is -2.22. The fourth-order valence-electron chi connectivity index (χ4n) is 2.70. The Balaban J connectivity index is 2.40. The first-order valence-electron chi connectivity index (χ1n) is 7.77. The molecule has 0 unspecified atom stereocenters. The topological polar surface area (TPSA) is 98.9 Å². The zero-order chi connectivity index (χ0) is 19.5. The molecule has 0 spiro atoms. The third kappa shape index (κ3) is 4.33. The molecule has 0 radical (unpaired) electrons. The normalized spacial score (nSPS) is 11.1. The molecule has 0 aliphatic heterocycles. The summed E-state index contributed by atoms with van der Waals surface area (Å²) >= 11 is 0. The van der Waals surface area contributed by atoms with Crippen molar-refractivity contribution in [1.82, 2.24) is 0 Å². The number of ether oxygens (including phenoxy) is 2. The molecule has 0 aliphatic carbocycles. The smallest absolute Gasteiger partial charge is 0.340 e. The number of rotatable bonds is 6. The van der Waals surface area contributed by atoms with Gasteiger partial charge in [-0.1, -0.05) is 12.1 Å². The number of methoxy groups -OCH3 is 2. The molecule has 2 N–H and O–H groups in total. The van der Waals surface area contributed by atoms with Crippen LogP contribution in [0.2, 0.25) is 0 Å². The van der Waals surface area contributed by atoms with Crippen molar-refractivity contribution in [2.75, 3.05) is 26.2 Å². The van der Waals surface area contributed by atoms with Crippen LogP contribution in [-0.4, -0.2) is 35.7 Å². The van der Waals surface area contributed by atoms with Crippen LogP contribution in [0, 0.1) is 6.92 Å². The van der Waals surface area contributed by atoms with Crippen LogP contribution in [0.4, 0.5) is 5.69 Å². The standard InChI is InChI=1S/C18H22N2O5S/c1-12-9-13(5-8-17(12)24-3)11-20(2)16-7-6-14(26(19,22)23)10-15(16)18(21)25-4/h5-10H,11H2,1-4H3,(H2,19,22,23). The Labute approximate surface area is 153 Å². The molecule has 26 heavy (non-hydrogen) atoms. The fraction of sp³-hybridized carbons (Fsp3) is 0.278. The van der Waals surface area contributed by atoms with Gasteiger partial charge in [0.2, 0.25) is 10.0 Å². The van der Waals surface area contributed by atoms with E-state index in [1.165, 1.54) is 19.2 Å². The number of carbonyl (C=O) groups is 1. The second-order valence-corrected chi connectivity index (χ2v) is 7.44. The molecule has 0 atom stereocenters. The number of benzene rings is 2. The molecule has 0 saturated carbocycles. The largest absolute Gasteiger partial charge is 0.496 e. The number of primary sulfonamides is 1. The van der Waals surface area contributed by atoms with Crippen molar-refractivity contribution in [3.8, 4) is 5.75 Å². The molecule has 0 aromatic heterocycles. The molecule has 0 amide bonds. The fourth-order valence-corrected chi connectivity index (χ4v) is 3.24. The van der Waals surface area contributed by atoms with Gasteiger partial charge in [-0.2, -0.15) is 0 Å². The maximum absolute atomic E-state index is 12.1. The van der Waals surface area contributed by atoms with E-state index in [0.29, 0.717) is 12.2 Å². The van der Waals surface area contributed by atoms with Gasteiger partial charge < -0.3 is 14.4 Å². The highest BCUT2D eigenvalue weighted by molar-refractivity contribution is 7.89. The molecule has 0 bridgehead atoms. The molecule has 0 fully saturated rings. The van der Waals surface area contributed by atoms with E-state index >= 15 is 0 Å². The van der Waals surface area contributed by atoms with Crippen molar-refractivity contribution in [3.63, 3.8) is 0 Å². The first-order valence-corrected chi connectivity index (χ1v) is 9.32. The number of nitrogens with zero attached hydrogens (tertiary/aromatic N) is 1. The number of sulfonamides is 1. The minimum atomic E-state index is -3.92. The zero-order valence-electron chi connectivity index (χ0n) is 15.1. The first-order chi connectivity index (χ1) is 12.2. The summed E-state index contributed by atoms with van der Waals surface area (Å²) in [6, 6.07) is 9.94. The van der Waals surface area contributed by atoms with Crippen molar-refractivity contribution in [2.24, 2.45) is 5.14 Å². The van der Waals surface area contributed by atoms with E-state index in [9.17, 15) is 13.2 Å². The van der Waals surface area contributed by atoms with Crippen LogP contribution in [0.5, 0.6) is 5.75 Å². The minimum absolute atomic E-state index is 0.131. The zero-order valence-corrected chi connectivity index (χ0v) is 16.0. The van der Waals surface area contributed by atoms with Crippen LogP contribution in [-0.2, 0) is 21.3 Å². The molecule has 140 valence electrons. The minimum Gasteiger partial charge on any atom is -0.496 e. The van der Waals surface area contributed by atoms with Gasteiger partial charge in [0.25, 0.3) is 0 Å². The van der Waals surface area contributed by atoms with E-state index in [2.05, 4.69) is 0 Å². The maximum atomic E-state index is 12.1. The van der Waals surface area contributed by atoms with Gasteiger partial charge in [-0.3, -0.25) is 0 Å². The second-order valence-electron chi connectivity index (χ2n) is 5.88. The summed E-state index contributed by atoms with van der Waals surface area (Å²) in [6.07, 6.45) is 0. The van der Waals surface area contributed by atoms with Gasteiger partial charge >= 0.3 is 5.97 Å². The van der Waals surface area contributed by atoms with Gasteiger partial charge in [-0.05, 0) is 42.3 Å². The van der Waals surface area contributed by atoms with Crippen molar-refractivity contribution < 1.29 is 22.7 Å². The van der Waals surface area contributed by atoms with Crippen LogP contribution >= 0.6 is 0 Å². The molecule has 2 aromatic rings. The lowest BCUT2D eigenvalue weighted by molar-refractivity contribution is 0.0601. The molecular formula is C18H22N2O5S. The summed E-state index contributed by atoms with van der Waals surface area (Å²) in [6.45, 7) is 2.45. The van der Waals surface area contributed by atoms with E-state index in [1.54, 1.807) is 20.2 Å². The summed E-state index contributed by atoms with van der Waals surface area (Å²) in [7, 11) is 0.735. The van der Waals surface area contributed by atoms with E-state index in [1.807, 2.05) is 30.0 Å². The number of nitrogens with two attached hydrogens (primary N) is 1. The van der Waals surface area contributed by atoms with E-state index in [-0.39, 0.29) is 10.5 Å². The van der Waals surface area contributed by atoms with E-state index < -0.39 is 16.0 Å². The molecule has 0 aliphatic rings. The highest BCUT2D eigenvalue weighted by atomic mass is 32.2. The van der Waals surface area contributed by atoms with Gasteiger partial charge in [0.15, 0.2) is 0 Å². The van der Waals surface area contributed by atoms with Gasteiger partial charge in [0, 0.05) is 13.6 Å². The monoisotopic (exact) mass is 378 g/mol. The summed E-state index contributed by atoms with van der Waals surface area (Å²) in [4.78, 5) is 13.8. The highest BCUT2D eigenvalue weighted by Crippen LogP contribution is 2.26. The molecule has 8 heteroatoms. The number of aryl methyl sites for hydroxylation is 1. The van der Waals surface area contributed by atoms with Crippen LogP contribution in [0.25, 0.3) is 0 Å². The Morgan fingerprint density at radius 3 is 2.38 bits per heavy atom. The van der Waals surface area contributed by atoms with Gasteiger partial charge in [-0.15, -0.1) is 0 Å². The summed E-state index contributed by atoms with van der Waals surface area (Å²) in [5, 5.41) is 5.16. The summed E-state index contributed by atoms with van der Waals surface area (Å²) in [5.41, 5.74) is 2.68. The number of hydrogen-bond acceptors (Lipinski definition) is 6. The molecular weight excluding hydrogens is 356 g/mol. The summed E-state index contributed by atoms with van der Waals surface area (Å²) in [5.74, 6) is 0.160. The second kappa shape index (κ2) is 7.76. The number of hydrogen-bond donors (Lipinski definition) is 1. The third-order valence-corrected chi connectivity index (χ3v) is 4.90. The van der Waals surface area contributed by atoms with Crippen LogP contribution in [0.3, 0.4) is 0 Å². The van der Waals surface area contributed by atoms with Crippen LogP contribution in [0.1, 0.15) is 21.5 Å². The average Bonchev–Trinajstić information content (AvgIpc) is 2.59. The maximum Gasteiger partial charge on any atom is 0.340 e. The Bertz CT molecular complexity index is 925. The number of esters is 1. The Morgan fingerprint density at radius 2 is 1.85 bits per heavy atom. The molecule has 7 nitrogen and oxygen atoms in total. The van der Waals surface area contributed by atoms with E-state index in [0.717, 1.165) is 16.9 Å². The average molecular weight is 378 g/mol. The molecule has 2 aromatic carbocycles. The first kappa shape index (κ1) is 19.7. The predicted molar refractivity (Wildman–Crippen MR) is 99.0 cm³/mol. The van der Waals surface area contributed by atoms with Crippen LogP contribution < -0.4 is 14.8 Å². The Morgan fingerprint density at radius 1 is 1.15 bits per heavy atom. The van der Waals surface area contributed by atoms with Crippen molar-refractivity contribution in [2.45, 2.75) is 18.4 Å². The third-order valence-electron chi connectivity index (χ3n) is 3.99. The van der Waals surface area contributed by atoms with E-state index in [4.69, 9.17) is 14.6 Å². The van der Waals surface area contributed by atoms with Crippen molar-refractivity contribution in [1.29, 1.82) is 0 Å². The molecule has 0 saturated heterocycles. The van der Waals surface area contributed by atoms with Gasteiger partial charge in [0.1, 0.15) is 5.75 Å². The lowest BCUT2D eigenvalue weighted by Crippen LogP contribution is -2.21. The summed E-state index contributed by atoms with van der Waals surface area (Å²) < 4.78 is 33.2. The SMILES string of the molecule is COC(=O)c1cc(S(N)(=O)=O)ccc1N(C)Cc1ccc(OC)c(C)c1.